The van der Waals surface area contributed by atoms with E-state index in [0.717, 1.165) is 32.1 Å². The number of alkyl halides is 1. The third-order valence-corrected chi connectivity index (χ3v) is 7.25. The molecule has 1 aromatic rings. The van der Waals surface area contributed by atoms with Gasteiger partial charge in [0.15, 0.2) is 0 Å². The van der Waals surface area contributed by atoms with E-state index in [1.165, 1.54) is 55.4 Å². The molecule has 148 valence electrons. The Bertz CT molecular complexity index is 545. The molecule has 1 heterocycles. The fraction of sp³-hybridized carbons (Fsp3) is 0.762. The predicted octanol–water partition coefficient (Wildman–Crippen LogP) is 5.82. The number of carbonyl (C=O) groups excluding carboxylic acids is 1. The number of methoxy groups -OCH3 is 1. The number of esters is 1. The summed E-state index contributed by atoms with van der Waals surface area (Å²) in [5, 5.41) is 10.5. The van der Waals surface area contributed by atoms with Crippen molar-refractivity contribution in [1.82, 2.24) is 0 Å². The Balaban J connectivity index is 1.78. The number of aliphatic hydroxyl groups excluding tert-OH is 1. The van der Waals surface area contributed by atoms with Crippen molar-refractivity contribution in [3.05, 3.63) is 21.9 Å². The maximum atomic E-state index is 11.5. The van der Waals surface area contributed by atoms with Gasteiger partial charge >= 0.3 is 5.97 Å². The summed E-state index contributed by atoms with van der Waals surface area (Å²) in [5.41, 5.74) is 0. The van der Waals surface area contributed by atoms with Crippen LogP contribution in [-0.2, 0) is 11.2 Å². The largest absolute Gasteiger partial charge is 0.465 e. The van der Waals surface area contributed by atoms with Gasteiger partial charge in [0.2, 0.25) is 0 Å². The van der Waals surface area contributed by atoms with Gasteiger partial charge in [-0.2, -0.15) is 0 Å². The van der Waals surface area contributed by atoms with Crippen molar-refractivity contribution in [2.24, 2.45) is 11.8 Å². The van der Waals surface area contributed by atoms with Crippen LogP contribution in [0.1, 0.15) is 79.3 Å². The molecule has 0 aromatic carbocycles. The molecule has 0 aliphatic heterocycles. The van der Waals surface area contributed by atoms with Crippen LogP contribution in [0.4, 0.5) is 0 Å². The lowest BCUT2D eigenvalue weighted by molar-refractivity contribution is 0.0606. The number of ether oxygens (including phenoxy) is 1. The molecule has 1 aliphatic rings. The molecule has 2 rings (SSSR count). The standard InChI is InChI=1S/C21H33ClO3S/c1-3-4-5-6-7-10-17-16(18(22)14-19(17)23)11-8-9-15-12-13-20(26-15)21(24)25-2/h12-13,16-19,23H,3-11,14H2,1-2H3. The molecule has 0 spiro atoms. The molecule has 1 saturated carbocycles. The molecule has 5 heteroatoms. The van der Waals surface area contributed by atoms with E-state index in [2.05, 4.69) is 6.92 Å². The molecule has 0 bridgehead atoms. The Morgan fingerprint density at radius 1 is 1.19 bits per heavy atom. The summed E-state index contributed by atoms with van der Waals surface area (Å²) in [6.07, 6.45) is 11.0. The van der Waals surface area contributed by atoms with Crippen molar-refractivity contribution in [3.8, 4) is 0 Å². The molecule has 4 atom stereocenters. The molecule has 0 radical (unpaired) electrons. The Kier molecular flexibility index (Phi) is 9.44. The van der Waals surface area contributed by atoms with Gasteiger partial charge in [-0.05, 0) is 56.1 Å². The Morgan fingerprint density at radius 2 is 1.92 bits per heavy atom. The first kappa shape index (κ1) is 21.7. The number of aryl methyl sites for hydroxylation is 1. The molecular weight excluding hydrogens is 368 g/mol. The van der Waals surface area contributed by atoms with Crippen molar-refractivity contribution in [2.45, 2.75) is 82.6 Å². The molecule has 1 N–H and O–H groups in total. The Hall–Kier alpha value is -0.580. The van der Waals surface area contributed by atoms with Crippen LogP contribution in [0.2, 0.25) is 0 Å². The highest BCUT2D eigenvalue weighted by Crippen LogP contribution is 2.42. The molecule has 0 saturated heterocycles. The van der Waals surface area contributed by atoms with Gasteiger partial charge in [-0.3, -0.25) is 0 Å². The smallest absolute Gasteiger partial charge is 0.348 e. The summed E-state index contributed by atoms with van der Waals surface area (Å²) >= 11 is 8.07. The summed E-state index contributed by atoms with van der Waals surface area (Å²) in [5.74, 6) is 0.509. The van der Waals surface area contributed by atoms with E-state index < -0.39 is 0 Å². The first-order valence-electron chi connectivity index (χ1n) is 10.1. The van der Waals surface area contributed by atoms with Gasteiger partial charge in [0.1, 0.15) is 4.88 Å². The number of thiophene rings is 1. The second-order valence-corrected chi connectivity index (χ2v) is 9.23. The summed E-state index contributed by atoms with van der Waals surface area (Å²) in [7, 11) is 1.41. The van der Waals surface area contributed by atoms with Crippen LogP contribution in [0.15, 0.2) is 12.1 Å². The van der Waals surface area contributed by atoms with Crippen LogP contribution in [0.3, 0.4) is 0 Å². The number of rotatable bonds is 11. The average Bonchev–Trinajstić information content (AvgIpc) is 3.20. The van der Waals surface area contributed by atoms with Gasteiger partial charge in [0.25, 0.3) is 0 Å². The topological polar surface area (TPSA) is 46.5 Å². The zero-order valence-electron chi connectivity index (χ0n) is 16.1. The number of hydrogen-bond acceptors (Lipinski definition) is 4. The predicted molar refractivity (Wildman–Crippen MR) is 109 cm³/mol. The molecule has 1 fully saturated rings. The van der Waals surface area contributed by atoms with Crippen LogP contribution in [0.5, 0.6) is 0 Å². The molecule has 4 unspecified atom stereocenters. The minimum Gasteiger partial charge on any atom is -0.465 e. The highest BCUT2D eigenvalue weighted by atomic mass is 35.5. The van der Waals surface area contributed by atoms with E-state index in [-0.39, 0.29) is 17.5 Å². The Labute approximate surface area is 167 Å². The third-order valence-electron chi connectivity index (χ3n) is 5.63. The van der Waals surface area contributed by atoms with Crippen LogP contribution in [0, 0.1) is 11.8 Å². The molecule has 0 amide bonds. The summed E-state index contributed by atoms with van der Waals surface area (Å²) < 4.78 is 4.76. The van der Waals surface area contributed by atoms with Gasteiger partial charge in [-0.15, -0.1) is 22.9 Å². The second-order valence-electron chi connectivity index (χ2n) is 7.50. The lowest BCUT2D eigenvalue weighted by atomic mass is 9.86. The lowest BCUT2D eigenvalue weighted by Crippen LogP contribution is -2.21. The highest BCUT2D eigenvalue weighted by molar-refractivity contribution is 7.13. The van der Waals surface area contributed by atoms with E-state index in [1.807, 2.05) is 12.1 Å². The number of aliphatic hydroxyl groups is 1. The van der Waals surface area contributed by atoms with E-state index >= 15 is 0 Å². The van der Waals surface area contributed by atoms with Crippen molar-refractivity contribution in [1.29, 1.82) is 0 Å². The van der Waals surface area contributed by atoms with Gasteiger partial charge < -0.3 is 9.84 Å². The summed E-state index contributed by atoms with van der Waals surface area (Å²) in [6, 6.07) is 3.86. The molecule has 26 heavy (non-hydrogen) atoms. The average molecular weight is 401 g/mol. The van der Waals surface area contributed by atoms with Crippen molar-refractivity contribution in [2.75, 3.05) is 7.11 Å². The fourth-order valence-electron chi connectivity index (χ4n) is 4.15. The van der Waals surface area contributed by atoms with Crippen molar-refractivity contribution >= 4 is 28.9 Å². The number of unbranched alkanes of at least 4 members (excludes halogenated alkanes) is 4. The van der Waals surface area contributed by atoms with E-state index in [4.69, 9.17) is 16.3 Å². The van der Waals surface area contributed by atoms with Crippen LogP contribution < -0.4 is 0 Å². The van der Waals surface area contributed by atoms with Crippen molar-refractivity contribution in [3.63, 3.8) is 0 Å². The molecule has 1 aliphatic carbocycles. The quantitative estimate of drug-likeness (QED) is 0.289. The van der Waals surface area contributed by atoms with Gasteiger partial charge in [0.05, 0.1) is 13.2 Å². The summed E-state index contributed by atoms with van der Waals surface area (Å²) in [4.78, 5) is 13.4. The number of hydrogen-bond donors (Lipinski definition) is 1. The number of halogens is 1. The van der Waals surface area contributed by atoms with Crippen LogP contribution in [0.25, 0.3) is 0 Å². The zero-order chi connectivity index (χ0) is 18.9. The van der Waals surface area contributed by atoms with E-state index in [0.29, 0.717) is 16.7 Å². The van der Waals surface area contributed by atoms with Gasteiger partial charge in [-0.25, -0.2) is 4.79 Å². The maximum absolute atomic E-state index is 11.5. The minimum absolute atomic E-state index is 0.0969. The fourth-order valence-corrected chi connectivity index (χ4v) is 5.62. The third kappa shape index (κ3) is 6.24. The van der Waals surface area contributed by atoms with Gasteiger partial charge in [-0.1, -0.05) is 39.0 Å². The SMILES string of the molecule is CCCCCCCC1C(O)CC(Cl)C1CCCc1ccc(C(=O)OC)s1. The first-order chi connectivity index (χ1) is 12.6. The van der Waals surface area contributed by atoms with Crippen molar-refractivity contribution < 1.29 is 14.6 Å². The summed E-state index contributed by atoms with van der Waals surface area (Å²) in [6.45, 7) is 2.23. The zero-order valence-corrected chi connectivity index (χ0v) is 17.7. The normalized spacial score (nSPS) is 25.5. The Morgan fingerprint density at radius 3 is 2.65 bits per heavy atom. The van der Waals surface area contributed by atoms with Crippen LogP contribution in [-0.4, -0.2) is 29.7 Å². The maximum Gasteiger partial charge on any atom is 0.348 e. The lowest BCUT2D eigenvalue weighted by Gasteiger charge is -2.23. The minimum atomic E-state index is -0.260. The van der Waals surface area contributed by atoms with Gasteiger partial charge in [0, 0.05) is 10.3 Å². The molecule has 1 aromatic heterocycles. The molecule has 3 nitrogen and oxygen atoms in total. The first-order valence-corrected chi connectivity index (χ1v) is 11.3. The number of carbonyl (C=O) groups is 1. The highest BCUT2D eigenvalue weighted by Gasteiger charge is 2.40. The van der Waals surface area contributed by atoms with E-state index in [1.54, 1.807) is 0 Å². The van der Waals surface area contributed by atoms with Crippen LogP contribution >= 0.6 is 22.9 Å². The second kappa shape index (κ2) is 11.3. The monoisotopic (exact) mass is 400 g/mol. The van der Waals surface area contributed by atoms with E-state index in [9.17, 15) is 9.90 Å². The molecular formula is C21H33ClO3S.